The van der Waals surface area contributed by atoms with Crippen molar-refractivity contribution in [2.24, 2.45) is 0 Å². The maximum atomic E-state index is 12.3. The summed E-state index contributed by atoms with van der Waals surface area (Å²) in [6.45, 7) is 8.79. The number of rotatable bonds is 18. The van der Waals surface area contributed by atoms with Crippen LogP contribution in [-0.2, 0) is 14.3 Å². The van der Waals surface area contributed by atoms with Crippen molar-refractivity contribution in [2.75, 3.05) is 88.8 Å². The third-order valence-electron chi connectivity index (χ3n) is 7.63. The van der Waals surface area contributed by atoms with E-state index < -0.39 is 0 Å². The Morgan fingerprint density at radius 1 is 0.957 bits per heavy atom. The normalized spacial score (nSPS) is 13.3. The summed E-state index contributed by atoms with van der Waals surface area (Å²) in [5.74, 6) is 1.40. The summed E-state index contributed by atoms with van der Waals surface area (Å²) in [5.41, 5.74) is 2.82. The van der Waals surface area contributed by atoms with E-state index in [4.69, 9.17) is 25.8 Å². The Bertz CT molecular complexity index is 1440. The van der Waals surface area contributed by atoms with Crippen LogP contribution in [0.15, 0.2) is 48.7 Å². The van der Waals surface area contributed by atoms with Crippen molar-refractivity contribution in [1.29, 1.82) is 0 Å². The van der Waals surface area contributed by atoms with Gasteiger partial charge in [0.1, 0.15) is 16.6 Å². The fourth-order valence-corrected chi connectivity index (χ4v) is 5.10. The number of aromatic nitrogens is 2. The summed E-state index contributed by atoms with van der Waals surface area (Å²) < 4.78 is 17.0. The lowest BCUT2D eigenvalue weighted by Gasteiger charge is -2.36. The van der Waals surface area contributed by atoms with E-state index >= 15 is 0 Å². The number of para-hydroxylation sites is 1. The van der Waals surface area contributed by atoms with Crippen LogP contribution in [-0.4, -0.2) is 99.9 Å². The first-order valence-electron chi connectivity index (χ1n) is 15.6. The van der Waals surface area contributed by atoms with Crippen molar-refractivity contribution in [3.05, 3.63) is 59.2 Å². The largest absolute Gasteiger partial charge is 0.494 e. The lowest BCUT2D eigenvalue weighted by molar-refractivity contribution is -0.119. The van der Waals surface area contributed by atoms with Crippen LogP contribution in [0, 0.1) is 0 Å². The predicted octanol–water partition coefficient (Wildman–Crippen LogP) is 4.90. The molecule has 1 aliphatic rings. The van der Waals surface area contributed by atoms with E-state index in [0.717, 1.165) is 44.8 Å². The van der Waals surface area contributed by atoms with Gasteiger partial charge in [-0.15, -0.1) is 0 Å². The number of amides is 1. The number of nitrogens with zero attached hydrogens (tertiary/aromatic N) is 4. The van der Waals surface area contributed by atoms with Crippen molar-refractivity contribution in [2.45, 2.75) is 26.2 Å². The summed E-state index contributed by atoms with van der Waals surface area (Å²) >= 11 is 6.40. The number of ketones is 1. The monoisotopic (exact) mass is 653 g/mol. The van der Waals surface area contributed by atoms with Gasteiger partial charge < -0.3 is 35.1 Å². The first-order chi connectivity index (χ1) is 22.4. The van der Waals surface area contributed by atoms with Gasteiger partial charge in [-0.05, 0) is 30.7 Å². The SMILES string of the molecule is CCC(=O)CCCOCCOCCN1CCN(c2ccc(Nc3ncc(Cl)c(Nc4ccccc4C(=O)NC)n3)c(OC)c2)CC1. The zero-order chi connectivity index (χ0) is 32.7. The molecule has 0 bridgehead atoms. The number of carbonyl (C=O) groups excluding carboxylic acids is 2. The van der Waals surface area contributed by atoms with Crippen molar-refractivity contribution >= 4 is 52.1 Å². The molecule has 0 aliphatic carbocycles. The third kappa shape index (κ3) is 10.3. The van der Waals surface area contributed by atoms with E-state index in [9.17, 15) is 9.59 Å². The van der Waals surface area contributed by atoms with E-state index in [-0.39, 0.29) is 11.7 Å². The molecule has 13 heteroatoms. The average molecular weight is 654 g/mol. The summed E-state index contributed by atoms with van der Waals surface area (Å²) in [5, 5.41) is 9.33. The van der Waals surface area contributed by atoms with Crippen LogP contribution in [0.25, 0.3) is 0 Å². The first-order valence-corrected chi connectivity index (χ1v) is 16.0. The number of carbonyl (C=O) groups is 2. The molecular weight excluding hydrogens is 610 g/mol. The zero-order valence-corrected chi connectivity index (χ0v) is 27.6. The van der Waals surface area contributed by atoms with Gasteiger partial charge in [0.15, 0.2) is 5.82 Å². The molecule has 12 nitrogen and oxygen atoms in total. The highest BCUT2D eigenvalue weighted by molar-refractivity contribution is 6.33. The molecule has 1 saturated heterocycles. The molecule has 0 radical (unpaired) electrons. The molecule has 4 rings (SSSR count). The highest BCUT2D eigenvalue weighted by atomic mass is 35.5. The van der Waals surface area contributed by atoms with E-state index in [2.05, 4.69) is 41.8 Å². The van der Waals surface area contributed by atoms with Crippen LogP contribution in [0.2, 0.25) is 5.02 Å². The number of halogens is 1. The first kappa shape index (κ1) is 34.9. The number of nitrogens with one attached hydrogen (secondary N) is 3. The van der Waals surface area contributed by atoms with Gasteiger partial charge in [-0.25, -0.2) is 4.98 Å². The van der Waals surface area contributed by atoms with Gasteiger partial charge in [0.2, 0.25) is 5.95 Å². The number of hydrogen-bond acceptors (Lipinski definition) is 11. The fourth-order valence-electron chi connectivity index (χ4n) is 4.96. The van der Waals surface area contributed by atoms with Gasteiger partial charge in [-0.2, -0.15) is 4.98 Å². The Hall–Kier alpha value is -3.97. The van der Waals surface area contributed by atoms with Gasteiger partial charge in [-0.3, -0.25) is 14.5 Å². The zero-order valence-electron chi connectivity index (χ0n) is 26.8. The summed E-state index contributed by atoms with van der Waals surface area (Å²) in [6, 6.07) is 13.1. The fraction of sp³-hybridized carbons (Fsp3) is 0.455. The number of ether oxygens (including phenoxy) is 3. The van der Waals surface area contributed by atoms with Crippen LogP contribution in [0.3, 0.4) is 0 Å². The molecule has 3 N–H and O–H groups in total. The van der Waals surface area contributed by atoms with Crippen LogP contribution in [0.1, 0.15) is 36.5 Å². The quantitative estimate of drug-likeness (QED) is 0.162. The van der Waals surface area contributed by atoms with Crippen LogP contribution < -0.4 is 25.6 Å². The standard InChI is InChI=1S/C33H44ClN7O5/c1-4-25(42)8-7-18-45-20-21-46-19-17-40-13-15-41(16-14-40)24-11-12-29(30(22-24)44-3)38-33-36-23-27(34)31(39-33)37-28-10-6-5-9-26(28)32(43)35-2/h5-6,9-12,22-23H,4,7-8,13-21H2,1-3H3,(H,35,43)(H2,36,37,38,39). The third-order valence-corrected chi connectivity index (χ3v) is 7.90. The Labute approximate surface area is 275 Å². The molecule has 0 atom stereocenters. The minimum Gasteiger partial charge on any atom is -0.494 e. The molecule has 1 aliphatic heterocycles. The Balaban J connectivity index is 1.25. The van der Waals surface area contributed by atoms with Gasteiger partial charge in [0.05, 0.1) is 50.1 Å². The molecule has 2 aromatic carbocycles. The molecule has 0 saturated carbocycles. The van der Waals surface area contributed by atoms with E-state index in [1.807, 2.05) is 25.1 Å². The predicted molar refractivity (Wildman–Crippen MR) is 181 cm³/mol. The van der Waals surface area contributed by atoms with Gasteiger partial charge in [0, 0.05) is 71.0 Å². The second kappa shape index (κ2) is 18.2. The lowest BCUT2D eigenvalue weighted by Crippen LogP contribution is -2.47. The number of anilines is 5. The maximum absolute atomic E-state index is 12.3. The second-order valence-electron chi connectivity index (χ2n) is 10.7. The molecule has 1 fully saturated rings. The Morgan fingerprint density at radius 2 is 1.72 bits per heavy atom. The summed E-state index contributed by atoms with van der Waals surface area (Å²) in [6.07, 6.45) is 3.46. The molecule has 1 amide bonds. The van der Waals surface area contributed by atoms with E-state index in [1.54, 1.807) is 32.4 Å². The Morgan fingerprint density at radius 3 is 2.46 bits per heavy atom. The molecule has 46 heavy (non-hydrogen) atoms. The molecule has 1 aromatic heterocycles. The van der Waals surface area contributed by atoms with Crippen molar-refractivity contribution in [3.63, 3.8) is 0 Å². The number of benzene rings is 2. The molecular formula is C33H44ClN7O5. The van der Waals surface area contributed by atoms with Crippen LogP contribution >= 0.6 is 11.6 Å². The van der Waals surface area contributed by atoms with E-state index in [1.165, 1.54) is 6.20 Å². The maximum Gasteiger partial charge on any atom is 0.253 e. The number of Topliss-reactive ketones (excluding diaryl/α,β-unsaturated/α-hetero) is 1. The number of hydrogen-bond donors (Lipinski definition) is 3. The number of methoxy groups -OCH3 is 1. The van der Waals surface area contributed by atoms with E-state index in [0.29, 0.717) is 78.7 Å². The minimum atomic E-state index is -0.224. The number of piperazine rings is 1. The second-order valence-corrected chi connectivity index (χ2v) is 11.1. The molecule has 0 spiro atoms. The molecule has 2 heterocycles. The smallest absolute Gasteiger partial charge is 0.253 e. The minimum absolute atomic E-state index is 0.224. The Kier molecular flexibility index (Phi) is 13.8. The highest BCUT2D eigenvalue weighted by Gasteiger charge is 2.19. The summed E-state index contributed by atoms with van der Waals surface area (Å²) in [7, 11) is 3.21. The van der Waals surface area contributed by atoms with Crippen molar-refractivity contribution in [3.8, 4) is 5.75 Å². The highest BCUT2D eigenvalue weighted by Crippen LogP contribution is 2.33. The molecule has 248 valence electrons. The summed E-state index contributed by atoms with van der Waals surface area (Å²) in [4.78, 5) is 37.2. The van der Waals surface area contributed by atoms with Crippen LogP contribution in [0.5, 0.6) is 5.75 Å². The van der Waals surface area contributed by atoms with Gasteiger partial charge in [0.25, 0.3) is 5.91 Å². The van der Waals surface area contributed by atoms with Crippen molar-refractivity contribution < 1.29 is 23.8 Å². The average Bonchev–Trinajstić information content (AvgIpc) is 3.09. The topological polar surface area (TPSA) is 130 Å². The van der Waals surface area contributed by atoms with Crippen LogP contribution in [0.4, 0.5) is 28.8 Å². The van der Waals surface area contributed by atoms with Crippen molar-refractivity contribution in [1.82, 2.24) is 20.2 Å². The molecule has 3 aromatic rings. The van der Waals surface area contributed by atoms with Gasteiger partial charge >= 0.3 is 0 Å². The molecule has 0 unspecified atom stereocenters. The van der Waals surface area contributed by atoms with Gasteiger partial charge in [-0.1, -0.05) is 30.7 Å². The lowest BCUT2D eigenvalue weighted by atomic mass is 10.1.